The Hall–Kier alpha value is -4.18. The van der Waals surface area contributed by atoms with Gasteiger partial charge in [-0.1, -0.05) is 23.8 Å². The molecule has 0 unspecified atom stereocenters. The van der Waals surface area contributed by atoms with Gasteiger partial charge in [0.25, 0.3) is 11.6 Å². The third-order valence-electron chi connectivity index (χ3n) is 4.61. The molecule has 0 atom stereocenters. The summed E-state index contributed by atoms with van der Waals surface area (Å²) < 4.78 is 5.73. The average Bonchev–Trinajstić information content (AvgIpc) is 3.16. The summed E-state index contributed by atoms with van der Waals surface area (Å²) in [6.07, 6.45) is 1.34. The molecular formula is C23H19N3O4. The molecule has 1 heterocycles. The molecule has 0 saturated heterocycles. The van der Waals surface area contributed by atoms with Crippen molar-refractivity contribution in [2.45, 2.75) is 20.8 Å². The molecule has 2 aromatic carbocycles. The van der Waals surface area contributed by atoms with Gasteiger partial charge in [0.1, 0.15) is 23.2 Å². The van der Waals surface area contributed by atoms with Gasteiger partial charge >= 0.3 is 0 Å². The number of non-ortho nitro benzene ring substituents is 1. The highest BCUT2D eigenvalue weighted by molar-refractivity contribution is 6.09. The zero-order chi connectivity index (χ0) is 21.8. The summed E-state index contributed by atoms with van der Waals surface area (Å²) in [7, 11) is 0. The molecule has 30 heavy (non-hydrogen) atoms. The number of carbonyl (C=O) groups is 1. The van der Waals surface area contributed by atoms with E-state index in [4.69, 9.17) is 4.42 Å². The van der Waals surface area contributed by atoms with Crippen molar-refractivity contribution in [3.63, 3.8) is 0 Å². The van der Waals surface area contributed by atoms with E-state index in [9.17, 15) is 20.2 Å². The molecule has 1 amide bonds. The fraction of sp³-hybridized carbons (Fsp3) is 0.130. The first-order valence-corrected chi connectivity index (χ1v) is 9.14. The Labute approximate surface area is 173 Å². The highest BCUT2D eigenvalue weighted by Crippen LogP contribution is 2.30. The lowest BCUT2D eigenvalue weighted by Gasteiger charge is -2.08. The number of anilines is 1. The van der Waals surface area contributed by atoms with Crippen LogP contribution in [0.25, 0.3) is 17.4 Å². The fourth-order valence-corrected chi connectivity index (χ4v) is 3.00. The van der Waals surface area contributed by atoms with Crippen LogP contribution in [0.5, 0.6) is 0 Å². The normalized spacial score (nSPS) is 11.1. The highest BCUT2D eigenvalue weighted by atomic mass is 16.6. The van der Waals surface area contributed by atoms with Gasteiger partial charge in [-0.3, -0.25) is 14.9 Å². The SMILES string of the molecule is Cc1ccc(NC(=O)/C(C#N)=C/c2ccc(-c3cc([N+](=O)[O-])ccc3C)o2)c(C)c1. The molecule has 1 aromatic heterocycles. The zero-order valence-electron chi connectivity index (χ0n) is 16.7. The fourth-order valence-electron chi connectivity index (χ4n) is 3.00. The molecule has 0 saturated carbocycles. The monoisotopic (exact) mass is 401 g/mol. The molecule has 0 aliphatic carbocycles. The largest absolute Gasteiger partial charge is 0.457 e. The van der Waals surface area contributed by atoms with Crippen molar-refractivity contribution >= 4 is 23.4 Å². The van der Waals surface area contributed by atoms with Crippen molar-refractivity contribution in [3.05, 3.63) is 86.7 Å². The molecule has 150 valence electrons. The van der Waals surface area contributed by atoms with Crippen molar-refractivity contribution in [2.24, 2.45) is 0 Å². The summed E-state index contributed by atoms with van der Waals surface area (Å²) in [5.74, 6) is 0.159. The second kappa shape index (κ2) is 8.45. The predicted octanol–water partition coefficient (Wildman–Crippen LogP) is 5.33. The Bertz CT molecular complexity index is 1220. The Kier molecular flexibility index (Phi) is 5.79. The minimum Gasteiger partial charge on any atom is -0.457 e. The average molecular weight is 401 g/mol. The minimum atomic E-state index is -0.547. The van der Waals surface area contributed by atoms with E-state index in [1.165, 1.54) is 18.2 Å². The Morgan fingerprint density at radius 2 is 1.87 bits per heavy atom. The first-order valence-electron chi connectivity index (χ1n) is 9.14. The number of aryl methyl sites for hydroxylation is 3. The van der Waals surface area contributed by atoms with E-state index in [0.717, 1.165) is 16.7 Å². The number of nitriles is 1. The highest BCUT2D eigenvalue weighted by Gasteiger charge is 2.15. The molecule has 7 nitrogen and oxygen atoms in total. The number of hydrogen-bond donors (Lipinski definition) is 1. The Balaban J connectivity index is 1.87. The summed E-state index contributed by atoms with van der Waals surface area (Å²) in [5, 5.41) is 23.2. The molecule has 3 rings (SSSR count). The molecule has 7 heteroatoms. The molecular weight excluding hydrogens is 382 g/mol. The van der Waals surface area contributed by atoms with Crippen LogP contribution in [0.1, 0.15) is 22.5 Å². The molecule has 0 radical (unpaired) electrons. The number of furan rings is 1. The van der Waals surface area contributed by atoms with Gasteiger partial charge in [-0.2, -0.15) is 5.26 Å². The maximum atomic E-state index is 12.5. The number of nitro groups is 1. The standard InChI is InChI=1S/C23H19N3O4/c1-14-4-8-21(16(3)10-14)25-23(27)17(13-24)11-19-7-9-22(30-19)20-12-18(26(28)29)6-5-15(20)2/h4-12H,1-3H3,(H,25,27)/b17-11+. The van der Waals surface area contributed by atoms with E-state index in [0.29, 0.717) is 22.8 Å². The number of amides is 1. The van der Waals surface area contributed by atoms with Gasteiger partial charge < -0.3 is 9.73 Å². The molecule has 1 N–H and O–H groups in total. The van der Waals surface area contributed by atoms with Crippen LogP contribution in [0.4, 0.5) is 11.4 Å². The summed E-state index contributed by atoms with van der Waals surface area (Å²) >= 11 is 0. The van der Waals surface area contributed by atoms with Gasteiger partial charge in [0.15, 0.2) is 0 Å². The van der Waals surface area contributed by atoms with Crippen LogP contribution >= 0.6 is 0 Å². The van der Waals surface area contributed by atoms with E-state index in [1.807, 2.05) is 39.0 Å². The summed E-state index contributed by atoms with van der Waals surface area (Å²) in [6.45, 7) is 5.64. The van der Waals surface area contributed by atoms with Crippen molar-refractivity contribution in [3.8, 4) is 17.4 Å². The smallest absolute Gasteiger partial charge is 0.270 e. The lowest BCUT2D eigenvalue weighted by molar-refractivity contribution is -0.384. The number of benzene rings is 2. The van der Waals surface area contributed by atoms with E-state index >= 15 is 0 Å². The summed E-state index contributed by atoms with van der Waals surface area (Å²) in [4.78, 5) is 23.1. The molecule has 0 bridgehead atoms. The van der Waals surface area contributed by atoms with Crippen LogP contribution < -0.4 is 5.32 Å². The van der Waals surface area contributed by atoms with Gasteiger partial charge in [0, 0.05) is 29.5 Å². The Morgan fingerprint density at radius 1 is 1.10 bits per heavy atom. The summed E-state index contributed by atoms with van der Waals surface area (Å²) in [6, 6.07) is 15.2. The van der Waals surface area contributed by atoms with Crippen LogP contribution in [0.3, 0.4) is 0 Å². The van der Waals surface area contributed by atoms with Crippen LogP contribution in [-0.4, -0.2) is 10.8 Å². The first-order chi connectivity index (χ1) is 14.3. The van der Waals surface area contributed by atoms with E-state index < -0.39 is 10.8 Å². The lowest BCUT2D eigenvalue weighted by Crippen LogP contribution is -2.14. The van der Waals surface area contributed by atoms with Crippen molar-refractivity contribution in [1.82, 2.24) is 0 Å². The number of hydrogen-bond acceptors (Lipinski definition) is 5. The predicted molar refractivity (Wildman–Crippen MR) is 114 cm³/mol. The second-order valence-electron chi connectivity index (χ2n) is 6.90. The first kappa shape index (κ1) is 20.6. The van der Waals surface area contributed by atoms with Crippen molar-refractivity contribution in [1.29, 1.82) is 5.26 Å². The van der Waals surface area contributed by atoms with E-state index in [1.54, 1.807) is 24.3 Å². The number of carbonyl (C=O) groups excluding carboxylic acids is 1. The van der Waals surface area contributed by atoms with Crippen molar-refractivity contribution in [2.75, 3.05) is 5.32 Å². The van der Waals surface area contributed by atoms with E-state index in [2.05, 4.69) is 5.32 Å². The maximum Gasteiger partial charge on any atom is 0.270 e. The van der Waals surface area contributed by atoms with Gasteiger partial charge in [-0.25, -0.2) is 0 Å². The number of nitro benzene ring substituents is 1. The van der Waals surface area contributed by atoms with Gasteiger partial charge in [-0.15, -0.1) is 0 Å². The molecule has 0 aliphatic heterocycles. The van der Waals surface area contributed by atoms with Crippen LogP contribution in [0, 0.1) is 42.2 Å². The molecule has 0 fully saturated rings. The number of nitrogens with zero attached hydrogens (tertiary/aromatic N) is 2. The van der Waals surface area contributed by atoms with E-state index in [-0.39, 0.29) is 11.3 Å². The second-order valence-corrected chi connectivity index (χ2v) is 6.90. The van der Waals surface area contributed by atoms with Crippen LogP contribution in [-0.2, 0) is 4.79 Å². The van der Waals surface area contributed by atoms with Gasteiger partial charge in [-0.05, 0) is 50.1 Å². The molecule has 0 spiro atoms. The topological polar surface area (TPSA) is 109 Å². The number of nitrogens with one attached hydrogen (secondary N) is 1. The maximum absolute atomic E-state index is 12.5. The minimum absolute atomic E-state index is 0.0466. The third kappa shape index (κ3) is 4.45. The third-order valence-corrected chi connectivity index (χ3v) is 4.61. The summed E-state index contributed by atoms with van der Waals surface area (Å²) in [5.41, 5.74) is 3.80. The Morgan fingerprint density at radius 3 is 2.53 bits per heavy atom. The molecule has 3 aromatic rings. The quantitative estimate of drug-likeness (QED) is 0.269. The van der Waals surface area contributed by atoms with Crippen molar-refractivity contribution < 1.29 is 14.1 Å². The molecule has 0 aliphatic rings. The lowest BCUT2D eigenvalue weighted by atomic mass is 10.1. The van der Waals surface area contributed by atoms with Gasteiger partial charge in [0.2, 0.25) is 0 Å². The zero-order valence-corrected chi connectivity index (χ0v) is 16.7. The van der Waals surface area contributed by atoms with Crippen LogP contribution in [0.2, 0.25) is 0 Å². The van der Waals surface area contributed by atoms with Crippen LogP contribution in [0.15, 0.2) is 58.5 Å². The van der Waals surface area contributed by atoms with Gasteiger partial charge in [0.05, 0.1) is 4.92 Å². The number of rotatable bonds is 5.